The second-order valence-corrected chi connectivity index (χ2v) is 2.02. The zero-order valence-electron chi connectivity index (χ0n) is 6.13. The van der Waals surface area contributed by atoms with Crippen LogP contribution in [0.15, 0.2) is 0 Å². The van der Waals surface area contributed by atoms with Crippen LogP contribution in [-0.4, -0.2) is 31.2 Å². The predicted molar refractivity (Wildman–Crippen MR) is 34.1 cm³/mol. The van der Waals surface area contributed by atoms with Crippen LogP contribution < -0.4 is 0 Å². The number of aliphatic hydroxyl groups is 1. The second-order valence-electron chi connectivity index (χ2n) is 2.02. The van der Waals surface area contributed by atoms with E-state index in [1.54, 1.807) is 21.0 Å². The summed E-state index contributed by atoms with van der Waals surface area (Å²) in [6, 6.07) is 0. The summed E-state index contributed by atoms with van der Waals surface area (Å²) in [4.78, 5) is 0. The van der Waals surface area contributed by atoms with E-state index in [0.29, 0.717) is 0 Å². The minimum Gasteiger partial charge on any atom is -0.391 e. The van der Waals surface area contributed by atoms with Gasteiger partial charge in [0.1, 0.15) is 6.79 Å². The van der Waals surface area contributed by atoms with Gasteiger partial charge in [0.15, 0.2) is 0 Å². The van der Waals surface area contributed by atoms with Gasteiger partial charge < -0.3 is 14.6 Å². The van der Waals surface area contributed by atoms with Gasteiger partial charge in [-0.1, -0.05) is 0 Å². The first-order chi connectivity index (χ1) is 4.18. The molecule has 0 heterocycles. The van der Waals surface area contributed by atoms with E-state index < -0.39 is 6.10 Å². The van der Waals surface area contributed by atoms with Crippen molar-refractivity contribution >= 4 is 0 Å². The SMILES string of the molecule is COCO[C@@H](C)[C@H](C)O. The van der Waals surface area contributed by atoms with E-state index in [9.17, 15) is 0 Å². The van der Waals surface area contributed by atoms with E-state index in [0.717, 1.165) is 0 Å². The van der Waals surface area contributed by atoms with Crippen molar-refractivity contribution in [3.63, 3.8) is 0 Å². The molecule has 0 unspecified atom stereocenters. The molecule has 0 fully saturated rings. The molecule has 0 bridgehead atoms. The maximum Gasteiger partial charge on any atom is 0.146 e. The van der Waals surface area contributed by atoms with E-state index in [1.165, 1.54) is 0 Å². The minimum absolute atomic E-state index is 0.148. The number of methoxy groups -OCH3 is 1. The first-order valence-electron chi connectivity index (χ1n) is 2.97. The van der Waals surface area contributed by atoms with E-state index in [2.05, 4.69) is 4.74 Å². The molecular weight excluding hydrogens is 120 g/mol. The van der Waals surface area contributed by atoms with Gasteiger partial charge in [0.25, 0.3) is 0 Å². The standard InChI is InChI=1S/C6H14O3/c1-5(7)6(2)9-4-8-3/h5-7H,4H2,1-3H3/t5-,6-/m0/s1. The molecule has 0 aliphatic rings. The fraction of sp³-hybridized carbons (Fsp3) is 1.00. The average molecular weight is 134 g/mol. The van der Waals surface area contributed by atoms with Crippen LogP contribution in [0.2, 0.25) is 0 Å². The Kier molecular flexibility index (Phi) is 4.67. The van der Waals surface area contributed by atoms with Gasteiger partial charge in [-0.2, -0.15) is 0 Å². The van der Waals surface area contributed by atoms with Gasteiger partial charge in [0.05, 0.1) is 12.2 Å². The van der Waals surface area contributed by atoms with Crippen molar-refractivity contribution in [1.82, 2.24) is 0 Å². The summed E-state index contributed by atoms with van der Waals surface area (Å²) in [6.07, 6.45) is -0.579. The van der Waals surface area contributed by atoms with Crippen molar-refractivity contribution in [3.05, 3.63) is 0 Å². The minimum atomic E-state index is -0.430. The Bertz CT molecular complexity index is 63.3. The Hall–Kier alpha value is -0.120. The summed E-state index contributed by atoms with van der Waals surface area (Å²) in [5.74, 6) is 0. The van der Waals surface area contributed by atoms with Crippen LogP contribution in [0.1, 0.15) is 13.8 Å². The van der Waals surface area contributed by atoms with Crippen LogP contribution in [0.4, 0.5) is 0 Å². The van der Waals surface area contributed by atoms with Gasteiger partial charge in [0.2, 0.25) is 0 Å². The van der Waals surface area contributed by atoms with Gasteiger partial charge in [-0.25, -0.2) is 0 Å². The van der Waals surface area contributed by atoms with Crippen molar-refractivity contribution in [2.45, 2.75) is 26.1 Å². The van der Waals surface area contributed by atoms with Gasteiger partial charge in [0, 0.05) is 7.11 Å². The Morgan fingerprint density at radius 3 is 2.33 bits per heavy atom. The van der Waals surface area contributed by atoms with Crippen LogP contribution in [0.5, 0.6) is 0 Å². The Morgan fingerprint density at radius 1 is 1.44 bits per heavy atom. The topological polar surface area (TPSA) is 38.7 Å². The highest BCUT2D eigenvalue weighted by atomic mass is 16.7. The summed E-state index contributed by atoms with van der Waals surface area (Å²) in [5, 5.41) is 8.87. The van der Waals surface area contributed by atoms with Crippen molar-refractivity contribution in [2.75, 3.05) is 13.9 Å². The molecule has 56 valence electrons. The van der Waals surface area contributed by atoms with Crippen molar-refractivity contribution < 1.29 is 14.6 Å². The maximum atomic E-state index is 8.87. The highest BCUT2D eigenvalue weighted by molar-refractivity contribution is 4.54. The quantitative estimate of drug-likeness (QED) is 0.565. The normalized spacial score (nSPS) is 17.3. The van der Waals surface area contributed by atoms with Crippen molar-refractivity contribution in [3.8, 4) is 0 Å². The molecule has 0 aromatic heterocycles. The van der Waals surface area contributed by atoms with Gasteiger partial charge in [-0.15, -0.1) is 0 Å². The molecule has 0 spiro atoms. The van der Waals surface area contributed by atoms with E-state index in [-0.39, 0.29) is 12.9 Å². The van der Waals surface area contributed by atoms with Gasteiger partial charge in [-0.05, 0) is 13.8 Å². The molecule has 0 aromatic carbocycles. The zero-order chi connectivity index (χ0) is 7.28. The molecule has 0 aromatic rings. The number of aliphatic hydroxyl groups excluding tert-OH is 1. The lowest BCUT2D eigenvalue weighted by Gasteiger charge is -2.14. The third kappa shape index (κ3) is 4.39. The molecule has 0 saturated heterocycles. The molecule has 0 saturated carbocycles. The van der Waals surface area contributed by atoms with Gasteiger partial charge >= 0.3 is 0 Å². The van der Waals surface area contributed by atoms with E-state index >= 15 is 0 Å². The van der Waals surface area contributed by atoms with Crippen LogP contribution >= 0.6 is 0 Å². The number of rotatable bonds is 4. The molecular formula is C6H14O3. The molecule has 0 aliphatic heterocycles. The first-order valence-corrected chi connectivity index (χ1v) is 2.97. The number of ether oxygens (including phenoxy) is 2. The summed E-state index contributed by atoms with van der Waals surface area (Å²) in [5.41, 5.74) is 0. The molecule has 3 heteroatoms. The van der Waals surface area contributed by atoms with Crippen molar-refractivity contribution in [1.29, 1.82) is 0 Å². The lowest BCUT2D eigenvalue weighted by atomic mass is 10.3. The molecule has 2 atom stereocenters. The Morgan fingerprint density at radius 2 is 2.00 bits per heavy atom. The molecule has 1 N–H and O–H groups in total. The second kappa shape index (κ2) is 4.73. The average Bonchev–Trinajstić information content (AvgIpc) is 1.82. The van der Waals surface area contributed by atoms with Gasteiger partial charge in [-0.3, -0.25) is 0 Å². The highest BCUT2D eigenvalue weighted by Crippen LogP contribution is 1.95. The Balaban J connectivity index is 3.16. The van der Waals surface area contributed by atoms with Crippen LogP contribution in [0.25, 0.3) is 0 Å². The van der Waals surface area contributed by atoms with Crippen LogP contribution in [-0.2, 0) is 9.47 Å². The third-order valence-corrected chi connectivity index (χ3v) is 1.13. The van der Waals surface area contributed by atoms with Crippen LogP contribution in [0.3, 0.4) is 0 Å². The summed E-state index contributed by atoms with van der Waals surface area (Å²) < 4.78 is 9.61. The monoisotopic (exact) mass is 134 g/mol. The van der Waals surface area contributed by atoms with E-state index in [1.807, 2.05) is 0 Å². The smallest absolute Gasteiger partial charge is 0.146 e. The number of hydrogen-bond donors (Lipinski definition) is 1. The van der Waals surface area contributed by atoms with Crippen LogP contribution in [0, 0.1) is 0 Å². The zero-order valence-corrected chi connectivity index (χ0v) is 6.13. The molecule has 0 radical (unpaired) electrons. The number of hydrogen-bond acceptors (Lipinski definition) is 3. The lowest BCUT2D eigenvalue weighted by molar-refractivity contribution is -0.100. The molecule has 3 nitrogen and oxygen atoms in total. The molecule has 9 heavy (non-hydrogen) atoms. The Labute approximate surface area is 55.6 Å². The third-order valence-electron chi connectivity index (χ3n) is 1.13. The summed E-state index contributed by atoms with van der Waals surface area (Å²) in [7, 11) is 1.55. The maximum absolute atomic E-state index is 8.87. The van der Waals surface area contributed by atoms with Crippen molar-refractivity contribution in [2.24, 2.45) is 0 Å². The first kappa shape index (κ1) is 8.88. The summed E-state index contributed by atoms with van der Waals surface area (Å²) in [6.45, 7) is 3.72. The molecule has 0 aliphatic carbocycles. The lowest BCUT2D eigenvalue weighted by Crippen LogP contribution is -2.23. The predicted octanol–water partition coefficient (Wildman–Crippen LogP) is 0.376. The van der Waals surface area contributed by atoms with E-state index in [4.69, 9.17) is 9.84 Å². The largest absolute Gasteiger partial charge is 0.391 e. The summed E-state index contributed by atoms with van der Waals surface area (Å²) >= 11 is 0. The highest BCUT2D eigenvalue weighted by Gasteiger charge is 2.06. The fourth-order valence-electron chi connectivity index (χ4n) is 0.315. The fourth-order valence-corrected chi connectivity index (χ4v) is 0.315. The molecule has 0 rings (SSSR count). The molecule has 0 amide bonds.